The van der Waals surface area contributed by atoms with Crippen molar-refractivity contribution in [1.82, 2.24) is 20.3 Å². The Kier molecular flexibility index (Phi) is 6.20. The molecule has 0 fully saturated rings. The number of aromatic nitrogens is 3. The average molecular weight is 364 g/mol. The van der Waals surface area contributed by atoms with Crippen LogP contribution in [-0.2, 0) is 13.2 Å². The molecule has 0 bridgehead atoms. The largest absolute Gasteiger partial charge is 0.489 e. The highest BCUT2D eigenvalue weighted by Gasteiger charge is 2.19. The van der Waals surface area contributed by atoms with Gasteiger partial charge in [0.25, 0.3) is 5.91 Å². The van der Waals surface area contributed by atoms with Crippen molar-refractivity contribution >= 4 is 5.91 Å². The Morgan fingerprint density at radius 1 is 1.07 bits per heavy atom. The molecule has 6 heteroatoms. The van der Waals surface area contributed by atoms with Crippen LogP contribution in [0.1, 0.15) is 29.8 Å². The first kappa shape index (κ1) is 18.6. The number of rotatable bonds is 8. The van der Waals surface area contributed by atoms with Gasteiger partial charge in [0.2, 0.25) is 0 Å². The minimum Gasteiger partial charge on any atom is -0.489 e. The standard InChI is InChI=1S/C21H24N4O2/c1-16(2)20(14-25-22-11-12-23-25)24-21(26)18-9-6-10-19(13-18)27-15-17-7-4-3-5-8-17/h3-13,16,20H,14-15H2,1-2H3,(H,24,26)/t20-/m1/s1. The Hall–Kier alpha value is -3.15. The molecule has 140 valence electrons. The van der Waals surface area contributed by atoms with Crippen molar-refractivity contribution in [1.29, 1.82) is 0 Å². The first-order valence-electron chi connectivity index (χ1n) is 9.03. The molecule has 0 aliphatic rings. The first-order chi connectivity index (χ1) is 13.1. The number of carbonyl (C=O) groups excluding carboxylic acids is 1. The monoisotopic (exact) mass is 364 g/mol. The van der Waals surface area contributed by atoms with Gasteiger partial charge in [0.1, 0.15) is 12.4 Å². The highest BCUT2D eigenvalue weighted by molar-refractivity contribution is 5.94. The van der Waals surface area contributed by atoms with Crippen LogP contribution in [0.3, 0.4) is 0 Å². The molecular formula is C21H24N4O2. The van der Waals surface area contributed by atoms with Gasteiger partial charge < -0.3 is 10.1 Å². The molecule has 1 N–H and O–H groups in total. The van der Waals surface area contributed by atoms with Gasteiger partial charge in [-0.05, 0) is 29.7 Å². The topological polar surface area (TPSA) is 69.0 Å². The van der Waals surface area contributed by atoms with Crippen LogP contribution in [0.25, 0.3) is 0 Å². The molecule has 0 radical (unpaired) electrons. The fraction of sp³-hybridized carbons (Fsp3) is 0.286. The fourth-order valence-corrected chi connectivity index (χ4v) is 2.66. The van der Waals surface area contributed by atoms with Crippen LogP contribution in [0.15, 0.2) is 67.0 Å². The van der Waals surface area contributed by atoms with Gasteiger partial charge in [-0.1, -0.05) is 50.2 Å². The summed E-state index contributed by atoms with van der Waals surface area (Å²) in [6.45, 7) is 5.12. The summed E-state index contributed by atoms with van der Waals surface area (Å²) in [6, 6.07) is 17.1. The zero-order valence-corrected chi connectivity index (χ0v) is 15.6. The number of hydrogen-bond acceptors (Lipinski definition) is 4. The van der Waals surface area contributed by atoms with Gasteiger partial charge in [0.15, 0.2) is 0 Å². The maximum absolute atomic E-state index is 12.7. The normalized spacial score (nSPS) is 12.0. The van der Waals surface area contributed by atoms with Crippen molar-refractivity contribution in [3.63, 3.8) is 0 Å². The molecule has 3 aromatic rings. The van der Waals surface area contributed by atoms with Crippen molar-refractivity contribution in [2.24, 2.45) is 5.92 Å². The number of amides is 1. The lowest BCUT2D eigenvalue weighted by molar-refractivity contribution is 0.0917. The zero-order valence-electron chi connectivity index (χ0n) is 15.6. The van der Waals surface area contributed by atoms with E-state index in [1.165, 1.54) is 0 Å². The molecule has 3 rings (SSSR count). The average Bonchev–Trinajstić information content (AvgIpc) is 3.20. The maximum Gasteiger partial charge on any atom is 0.251 e. The summed E-state index contributed by atoms with van der Waals surface area (Å²) in [6.07, 6.45) is 3.26. The molecule has 0 saturated heterocycles. The molecule has 0 aliphatic heterocycles. The molecule has 2 aromatic carbocycles. The summed E-state index contributed by atoms with van der Waals surface area (Å²) in [5, 5.41) is 11.3. The summed E-state index contributed by atoms with van der Waals surface area (Å²) >= 11 is 0. The highest BCUT2D eigenvalue weighted by atomic mass is 16.5. The van der Waals surface area contributed by atoms with E-state index in [1.54, 1.807) is 29.3 Å². The Morgan fingerprint density at radius 3 is 2.52 bits per heavy atom. The van der Waals surface area contributed by atoms with E-state index >= 15 is 0 Å². The second kappa shape index (κ2) is 8.98. The summed E-state index contributed by atoms with van der Waals surface area (Å²) in [4.78, 5) is 14.3. The Morgan fingerprint density at radius 2 is 1.81 bits per heavy atom. The van der Waals surface area contributed by atoms with Gasteiger partial charge >= 0.3 is 0 Å². The van der Waals surface area contributed by atoms with Crippen molar-refractivity contribution in [3.8, 4) is 5.75 Å². The lowest BCUT2D eigenvalue weighted by Crippen LogP contribution is -2.42. The summed E-state index contributed by atoms with van der Waals surface area (Å²) in [7, 11) is 0. The van der Waals surface area contributed by atoms with E-state index in [4.69, 9.17) is 4.74 Å². The molecule has 27 heavy (non-hydrogen) atoms. The second-order valence-corrected chi connectivity index (χ2v) is 6.71. The molecule has 1 heterocycles. The lowest BCUT2D eigenvalue weighted by atomic mass is 10.0. The van der Waals surface area contributed by atoms with Crippen LogP contribution in [-0.4, -0.2) is 26.9 Å². The van der Waals surface area contributed by atoms with Gasteiger partial charge in [0.05, 0.1) is 25.0 Å². The van der Waals surface area contributed by atoms with E-state index < -0.39 is 0 Å². The SMILES string of the molecule is CC(C)[C@@H](Cn1nccn1)NC(=O)c1cccc(OCc2ccccc2)c1. The van der Waals surface area contributed by atoms with Crippen LogP contribution >= 0.6 is 0 Å². The van der Waals surface area contributed by atoms with Crippen LogP contribution in [0.5, 0.6) is 5.75 Å². The highest BCUT2D eigenvalue weighted by Crippen LogP contribution is 2.16. The molecule has 0 aliphatic carbocycles. The lowest BCUT2D eigenvalue weighted by Gasteiger charge is -2.22. The molecule has 0 spiro atoms. The van der Waals surface area contributed by atoms with E-state index in [9.17, 15) is 4.79 Å². The third-order valence-electron chi connectivity index (χ3n) is 4.29. The van der Waals surface area contributed by atoms with Crippen LogP contribution in [0.4, 0.5) is 0 Å². The molecule has 1 atom stereocenters. The Bertz CT molecular complexity index is 848. The minimum absolute atomic E-state index is 0.0706. The van der Waals surface area contributed by atoms with E-state index in [0.717, 1.165) is 5.56 Å². The third kappa shape index (κ3) is 5.41. The fourth-order valence-electron chi connectivity index (χ4n) is 2.66. The molecule has 0 saturated carbocycles. The van der Waals surface area contributed by atoms with Gasteiger partial charge in [-0.15, -0.1) is 0 Å². The molecule has 1 amide bonds. The van der Waals surface area contributed by atoms with E-state index in [1.807, 2.05) is 42.5 Å². The van der Waals surface area contributed by atoms with Crippen LogP contribution in [0, 0.1) is 5.92 Å². The Balaban J connectivity index is 1.63. The number of hydrogen-bond donors (Lipinski definition) is 1. The summed E-state index contributed by atoms with van der Waals surface area (Å²) < 4.78 is 5.82. The molecular weight excluding hydrogens is 340 g/mol. The number of benzene rings is 2. The number of nitrogens with zero attached hydrogens (tertiary/aromatic N) is 3. The third-order valence-corrected chi connectivity index (χ3v) is 4.29. The number of nitrogens with one attached hydrogen (secondary N) is 1. The van der Waals surface area contributed by atoms with Gasteiger partial charge in [0, 0.05) is 5.56 Å². The predicted molar refractivity (Wildman–Crippen MR) is 103 cm³/mol. The quantitative estimate of drug-likeness (QED) is 0.666. The Labute approximate surface area is 159 Å². The predicted octanol–water partition coefficient (Wildman–Crippen LogP) is 3.31. The molecule has 6 nitrogen and oxygen atoms in total. The first-order valence-corrected chi connectivity index (χ1v) is 9.03. The van der Waals surface area contributed by atoms with Gasteiger partial charge in [-0.2, -0.15) is 15.0 Å². The zero-order chi connectivity index (χ0) is 19.1. The molecule has 1 aromatic heterocycles. The summed E-state index contributed by atoms with van der Waals surface area (Å²) in [5.41, 5.74) is 1.65. The molecule has 0 unspecified atom stereocenters. The number of ether oxygens (including phenoxy) is 1. The minimum atomic E-state index is -0.133. The van der Waals surface area contributed by atoms with E-state index in [0.29, 0.717) is 24.5 Å². The van der Waals surface area contributed by atoms with Crippen molar-refractivity contribution in [3.05, 3.63) is 78.1 Å². The van der Waals surface area contributed by atoms with E-state index in [-0.39, 0.29) is 17.9 Å². The van der Waals surface area contributed by atoms with E-state index in [2.05, 4.69) is 29.4 Å². The van der Waals surface area contributed by atoms with Crippen molar-refractivity contribution < 1.29 is 9.53 Å². The van der Waals surface area contributed by atoms with Crippen molar-refractivity contribution in [2.45, 2.75) is 33.0 Å². The number of carbonyl (C=O) groups is 1. The maximum atomic E-state index is 12.7. The van der Waals surface area contributed by atoms with Crippen LogP contribution < -0.4 is 10.1 Å². The van der Waals surface area contributed by atoms with Gasteiger partial charge in [-0.25, -0.2) is 0 Å². The second-order valence-electron chi connectivity index (χ2n) is 6.71. The van der Waals surface area contributed by atoms with Gasteiger partial charge in [-0.3, -0.25) is 4.79 Å². The van der Waals surface area contributed by atoms with Crippen molar-refractivity contribution in [2.75, 3.05) is 0 Å². The smallest absolute Gasteiger partial charge is 0.251 e. The summed E-state index contributed by atoms with van der Waals surface area (Å²) in [5.74, 6) is 0.782. The van der Waals surface area contributed by atoms with Crippen LogP contribution in [0.2, 0.25) is 0 Å².